The maximum Gasteiger partial charge on any atom is 0.0502 e. The second-order valence-corrected chi connectivity index (χ2v) is 18.1. The molecule has 2 aliphatic rings. The highest BCUT2D eigenvalue weighted by atomic mass is 15.2. The lowest BCUT2D eigenvalue weighted by Gasteiger charge is -2.42. The summed E-state index contributed by atoms with van der Waals surface area (Å²) < 4.78 is 0. The van der Waals surface area contributed by atoms with Gasteiger partial charge in [0.05, 0.1) is 22.7 Å². The number of hydrogen-bond donors (Lipinski definition) is 0. The normalized spacial score (nSPS) is 14.6. The zero-order chi connectivity index (χ0) is 41.7. The predicted octanol–water partition coefficient (Wildman–Crippen LogP) is 16.7. The van der Waals surface area contributed by atoms with E-state index in [9.17, 15) is 0 Å². The van der Waals surface area contributed by atoms with Crippen molar-refractivity contribution in [1.29, 1.82) is 0 Å². The molecule has 0 saturated heterocycles. The molecule has 0 bridgehead atoms. The fourth-order valence-electron chi connectivity index (χ4n) is 10.9. The minimum Gasteiger partial charge on any atom is -0.310 e. The topological polar surface area (TPSA) is 6.48 Å². The largest absolute Gasteiger partial charge is 0.310 e. The van der Waals surface area contributed by atoms with Crippen molar-refractivity contribution in [1.82, 2.24) is 0 Å². The number of rotatable bonds is 4. The van der Waals surface area contributed by atoms with E-state index >= 15 is 0 Å². The highest BCUT2D eigenvalue weighted by Gasteiger charge is 2.38. The fraction of sp³-hybridized carbons (Fsp3) is 0.100. The third-order valence-corrected chi connectivity index (χ3v) is 14.0. The van der Waals surface area contributed by atoms with Crippen LogP contribution in [-0.4, -0.2) is 0 Å². The van der Waals surface area contributed by atoms with Crippen molar-refractivity contribution in [2.75, 3.05) is 9.80 Å². The van der Waals surface area contributed by atoms with Gasteiger partial charge in [0.1, 0.15) is 0 Å². The molecule has 2 nitrogen and oxygen atoms in total. The van der Waals surface area contributed by atoms with Crippen LogP contribution < -0.4 is 9.80 Å². The van der Waals surface area contributed by atoms with Crippen molar-refractivity contribution < 1.29 is 0 Å². The van der Waals surface area contributed by atoms with E-state index in [2.05, 4.69) is 244 Å². The number of benzene rings is 10. The van der Waals surface area contributed by atoms with Gasteiger partial charge < -0.3 is 9.80 Å². The molecule has 0 atom stereocenters. The summed E-state index contributed by atoms with van der Waals surface area (Å²) in [5.41, 5.74) is 17.3. The van der Waals surface area contributed by atoms with Gasteiger partial charge in [0, 0.05) is 22.2 Å². The van der Waals surface area contributed by atoms with Crippen molar-refractivity contribution >= 4 is 66.4 Å². The molecule has 10 aromatic carbocycles. The molecule has 2 heterocycles. The van der Waals surface area contributed by atoms with E-state index in [4.69, 9.17) is 0 Å². The molecule has 0 unspecified atom stereocenters. The standard InChI is InChI=1S/C60H46N2/c1-59(2)50-21-9-13-25-54(50)61(55-26-14-10-22-51(55)59)42-33-29-39(30-34-42)48-37-41-38-49(45-18-6-8-20-47(45)58(41)46-19-7-5-17-44(46)48)40-31-35-43(36-32-40)62-56-27-15-11-23-52(56)60(3,4)53-24-12-16-28-57(53)62/h5-38H,1-4H3. The molecular formula is C60H46N2. The van der Waals surface area contributed by atoms with Gasteiger partial charge in [-0.3, -0.25) is 0 Å². The first-order valence-corrected chi connectivity index (χ1v) is 21.9. The minimum atomic E-state index is -0.0953. The van der Waals surface area contributed by atoms with Crippen LogP contribution in [0.2, 0.25) is 0 Å². The Hall–Kier alpha value is -7.42. The lowest BCUT2D eigenvalue weighted by molar-refractivity contribution is 0.632. The fourth-order valence-corrected chi connectivity index (χ4v) is 10.9. The first-order valence-electron chi connectivity index (χ1n) is 21.9. The van der Waals surface area contributed by atoms with Gasteiger partial charge in [0.15, 0.2) is 0 Å². The molecule has 0 aliphatic carbocycles. The lowest BCUT2D eigenvalue weighted by Crippen LogP contribution is -2.30. The van der Waals surface area contributed by atoms with E-state index in [0.717, 1.165) is 11.4 Å². The van der Waals surface area contributed by atoms with Crippen LogP contribution in [0.5, 0.6) is 0 Å². The zero-order valence-corrected chi connectivity index (χ0v) is 35.5. The Bertz CT molecular complexity index is 3080. The molecule has 296 valence electrons. The molecule has 0 spiro atoms. The number of hydrogen-bond acceptors (Lipinski definition) is 2. The summed E-state index contributed by atoms with van der Waals surface area (Å²) in [6, 6.07) is 76.7. The average molecular weight is 795 g/mol. The summed E-state index contributed by atoms with van der Waals surface area (Å²) in [4.78, 5) is 4.87. The van der Waals surface area contributed by atoms with Gasteiger partial charge >= 0.3 is 0 Å². The molecule has 62 heavy (non-hydrogen) atoms. The summed E-state index contributed by atoms with van der Waals surface area (Å²) in [7, 11) is 0. The Balaban J connectivity index is 0.984. The quantitative estimate of drug-likeness (QED) is 0.164. The van der Waals surface area contributed by atoms with E-state index in [0.29, 0.717) is 0 Å². The number of para-hydroxylation sites is 4. The molecule has 0 aromatic heterocycles. The van der Waals surface area contributed by atoms with Crippen LogP contribution in [-0.2, 0) is 10.8 Å². The van der Waals surface area contributed by atoms with Crippen LogP contribution in [0.1, 0.15) is 49.9 Å². The second-order valence-electron chi connectivity index (χ2n) is 18.1. The van der Waals surface area contributed by atoms with Crippen molar-refractivity contribution in [2.24, 2.45) is 0 Å². The Morgan fingerprint density at radius 2 is 0.597 bits per heavy atom. The zero-order valence-electron chi connectivity index (χ0n) is 35.5. The molecule has 0 amide bonds. The molecule has 12 rings (SSSR count). The van der Waals surface area contributed by atoms with Gasteiger partial charge in [0.2, 0.25) is 0 Å². The molecule has 2 heteroatoms. The van der Waals surface area contributed by atoms with Crippen molar-refractivity contribution in [2.45, 2.75) is 38.5 Å². The summed E-state index contributed by atoms with van der Waals surface area (Å²) in [6.45, 7) is 9.37. The number of nitrogens with zero attached hydrogens (tertiary/aromatic N) is 2. The van der Waals surface area contributed by atoms with E-state index in [1.807, 2.05) is 0 Å². The number of fused-ring (bicyclic) bond motifs is 9. The highest BCUT2D eigenvalue weighted by Crippen LogP contribution is 2.54. The highest BCUT2D eigenvalue weighted by molar-refractivity contribution is 6.25. The van der Waals surface area contributed by atoms with E-state index in [1.54, 1.807) is 0 Å². The summed E-state index contributed by atoms with van der Waals surface area (Å²) >= 11 is 0. The van der Waals surface area contributed by atoms with E-state index < -0.39 is 0 Å². The Morgan fingerprint density at radius 1 is 0.306 bits per heavy atom. The SMILES string of the molecule is CC1(C)c2ccccc2N(c2ccc(-c3cc4cc(-c5ccc(N6c7ccccc7C(C)(C)c7ccccc76)cc5)c5ccccc5c4c4ccccc34)cc2)c2ccccc21. The van der Waals surface area contributed by atoms with Crippen LogP contribution >= 0.6 is 0 Å². The Labute approximate surface area is 364 Å². The second kappa shape index (κ2) is 13.5. The Morgan fingerprint density at radius 3 is 0.935 bits per heavy atom. The predicted molar refractivity (Wildman–Crippen MR) is 263 cm³/mol. The lowest BCUT2D eigenvalue weighted by atomic mass is 9.73. The van der Waals surface area contributed by atoms with E-state index in [1.165, 1.54) is 99.6 Å². The smallest absolute Gasteiger partial charge is 0.0502 e. The van der Waals surface area contributed by atoms with Crippen molar-refractivity contribution in [3.05, 3.63) is 229 Å². The molecular weight excluding hydrogens is 749 g/mol. The van der Waals surface area contributed by atoms with Gasteiger partial charge in [-0.2, -0.15) is 0 Å². The third-order valence-electron chi connectivity index (χ3n) is 14.0. The van der Waals surface area contributed by atoms with Gasteiger partial charge in [0.25, 0.3) is 0 Å². The first kappa shape index (κ1) is 36.4. The Kier molecular flexibility index (Phi) is 7.96. The van der Waals surface area contributed by atoms with Gasteiger partial charge in [-0.15, -0.1) is 0 Å². The molecule has 0 saturated carbocycles. The van der Waals surface area contributed by atoms with Gasteiger partial charge in [-0.1, -0.05) is 173 Å². The van der Waals surface area contributed by atoms with Gasteiger partial charge in [-0.25, -0.2) is 0 Å². The average Bonchev–Trinajstić information content (AvgIpc) is 3.32. The maximum atomic E-state index is 2.44. The van der Waals surface area contributed by atoms with E-state index in [-0.39, 0.29) is 10.8 Å². The molecule has 0 radical (unpaired) electrons. The molecule has 10 aromatic rings. The first-order chi connectivity index (χ1) is 30.3. The maximum absolute atomic E-state index is 2.44. The molecule has 0 N–H and O–H groups in total. The van der Waals surface area contributed by atoms with Gasteiger partial charge in [-0.05, 0) is 137 Å². The molecule has 0 fully saturated rings. The van der Waals surface area contributed by atoms with Crippen LogP contribution in [0, 0.1) is 0 Å². The molecule has 2 aliphatic heterocycles. The van der Waals surface area contributed by atoms with Crippen LogP contribution in [0.3, 0.4) is 0 Å². The summed E-state index contributed by atoms with van der Waals surface area (Å²) in [5.74, 6) is 0. The monoisotopic (exact) mass is 794 g/mol. The third kappa shape index (κ3) is 5.29. The minimum absolute atomic E-state index is 0.0953. The van der Waals surface area contributed by atoms with Crippen LogP contribution in [0.4, 0.5) is 34.1 Å². The van der Waals surface area contributed by atoms with Crippen LogP contribution in [0.25, 0.3) is 54.6 Å². The van der Waals surface area contributed by atoms with Crippen molar-refractivity contribution in [3.8, 4) is 22.3 Å². The summed E-state index contributed by atoms with van der Waals surface area (Å²) in [5, 5.41) is 7.60. The van der Waals surface area contributed by atoms with Crippen LogP contribution in [0.15, 0.2) is 206 Å². The summed E-state index contributed by atoms with van der Waals surface area (Å²) in [6.07, 6.45) is 0. The van der Waals surface area contributed by atoms with Crippen molar-refractivity contribution in [3.63, 3.8) is 0 Å². The number of anilines is 6.